The predicted octanol–water partition coefficient (Wildman–Crippen LogP) is 3.21. The number of methoxy groups -OCH3 is 2. The monoisotopic (exact) mass is 493 g/mol. The average Bonchev–Trinajstić information content (AvgIpc) is 3.37. The van der Waals surface area contributed by atoms with Crippen LogP contribution in [0.4, 0.5) is 0 Å². The van der Waals surface area contributed by atoms with Crippen LogP contribution in [0.3, 0.4) is 0 Å². The van der Waals surface area contributed by atoms with Gasteiger partial charge < -0.3 is 18.9 Å². The third kappa shape index (κ3) is 5.33. The van der Waals surface area contributed by atoms with Gasteiger partial charge in [-0.05, 0) is 54.5 Å². The van der Waals surface area contributed by atoms with Crippen LogP contribution in [0.25, 0.3) is 23.2 Å². The van der Waals surface area contributed by atoms with Crippen LogP contribution in [0.1, 0.15) is 30.8 Å². The SMILES string of the molecule is CCOc1cc(/C=c2\sc3nc(/C=C/c4ccc(OC)c(OC)c4)nn3c2=O)ccc1OC(C)=O. The minimum atomic E-state index is -0.439. The zero-order valence-electron chi connectivity index (χ0n) is 19.6. The molecule has 0 saturated heterocycles. The molecular weight excluding hydrogens is 470 g/mol. The molecule has 0 bridgehead atoms. The summed E-state index contributed by atoms with van der Waals surface area (Å²) in [6.45, 7) is 3.56. The number of aromatic nitrogens is 3. The van der Waals surface area contributed by atoms with E-state index in [1.807, 2.05) is 31.2 Å². The Morgan fingerprint density at radius 1 is 1.00 bits per heavy atom. The Bertz CT molecular complexity index is 1520. The number of ether oxygens (including phenoxy) is 4. The summed E-state index contributed by atoms with van der Waals surface area (Å²) < 4.78 is 23.1. The molecule has 4 rings (SSSR count). The van der Waals surface area contributed by atoms with Crippen molar-refractivity contribution in [3.8, 4) is 23.0 Å². The Kier molecular flexibility index (Phi) is 7.11. The first-order chi connectivity index (χ1) is 16.9. The van der Waals surface area contributed by atoms with Crippen molar-refractivity contribution in [2.75, 3.05) is 20.8 Å². The van der Waals surface area contributed by atoms with E-state index in [1.165, 1.54) is 22.8 Å². The molecule has 0 fully saturated rings. The maximum atomic E-state index is 12.9. The van der Waals surface area contributed by atoms with E-state index in [0.717, 1.165) is 11.1 Å². The van der Waals surface area contributed by atoms with Crippen LogP contribution < -0.4 is 29.0 Å². The van der Waals surface area contributed by atoms with Gasteiger partial charge >= 0.3 is 5.97 Å². The minimum Gasteiger partial charge on any atom is -0.493 e. The highest BCUT2D eigenvalue weighted by atomic mass is 32.1. The molecule has 0 amide bonds. The zero-order chi connectivity index (χ0) is 24.9. The first-order valence-corrected chi connectivity index (χ1v) is 11.5. The lowest BCUT2D eigenvalue weighted by Gasteiger charge is -2.10. The number of rotatable bonds is 8. The van der Waals surface area contributed by atoms with E-state index < -0.39 is 5.97 Å². The van der Waals surface area contributed by atoms with Gasteiger partial charge in [0.05, 0.1) is 25.4 Å². The second kappa shape index (κ2) is 10.4. The smallest absolute Gasteiger partial charge is 0.308 e. The number of carbonyl (C=O) groups is 1. The molecule has 0 aliphatic heterocycles. The number of nitrogens with zero attached hydrogens (tertiary/aromatic N) is 3. The molecule has 35 heavy (non-hydrogen) atoms. The van der Waals surface area contributed by atoms with Crippen LogP contribution in [0.15, 0.2) is 41.2 Å². The minimum absolute atomic E-state index is 0.273. The summed E-state index contributed by atoms with van der Waals surface area (Å²) in [5.41, 5.74) is 1.32. The standard InChI is InChI=1S/C25H23N3O6S/c1-5-33-21-13-17(7-10-19(21)34-15(2)29)14-22-24(30)28-25(35-22)26-23(27-28)11-8-16-6-9-18(31-3)20(12-16)32-4/h6-14H,5H2,1-4H3/b11-8+,22-14-. The van der Waals surface area contributed by atoms with E-state index in [-0.39, 0.29) is 5.56 Å². The fourth-order valence-electron chi connectivity index (χ4n) is 3.32. The first-order valence-electron chi connectivity index (χ1n) is 10.7. The highest BCUT2D eigenvalue weighted by Gasteiger charge is 2.11. The van der Waals surface area contributed by atoms with Gasteiger partial charge in [-0.15, -0.1) is 5.10 Å². The lowest BCUT2D eigenvalue weighted by Crippen LogP contribution is -2.23. The van der Waals surface area contributed by atoms with Crippen LogP contribution in [-0.2, 0) is 4.79 Å². The highest BCUT2D eigenvalue weighted by molar-refractivity contribution is 7.15. The first kappa shape index (κ1) is 24.0. The lowest BCUT2D eigenvalue weighted by molar-refractivity contribution is -0.132. The molecule has 0 unspecified atom stereocenters. The van der Waals surface area contributed by atoms with E-state index >= 15 is 0 Å². The topological polar surface area (TPSA) is 101 Å². The number of carbonyl (C=O) groups excluding carboxylic acids is 1. The van der Waals surface area contributed by atoms with Crippen molar-refractivity contribution in [1.29, 1.82) is 0 Å². The summed E-state index contributed by atoms with van der Waals surface area (Å²) in [5, 5.41) is 4.32. The third-order valence-corrected chi connectivity index (χ3v) is 5.81. The van der Waals surface area contributed by atoms with Gasteiger partial charge in [-0.25, -0.2) is 0 Å². The van der Waals surface area contributed by atoms with Gasteiger partial charge in [-0.1, -0.05) is 29.5 Å². The van der Waals surface area contributed by atoms with E-state index in [9.17, 15) is 9.59 Å². The van der Waals surface area contributed by atoms with Crippen molar-refractivity contribution in [2.24, 2.45) is 0 Å². The van der Waals surface area contributed by atoms with Crippen molar-refractivity contribution in [1.82, 2.24) is 14.6 Å². The maximum absolute atomic E-state index is 12.9. The summed E-state index contributed by atoms with van der Waals surface area (Å²) in [5.74, 6) is 1.98. The number of esters is 1. The molecule has 2 aromatic heterocycles. The number of thiazole rings is 1. The Hall–Kier alpha value is -4.18. The number of fused-ring (bicyclic) bond motifs is 1. The molecule has 0 saturated carbocycles. The Morgan fingerprint density at radius 2 is 1.71 bits per heavy atom. The second-order valence-electron chi connectivity index (χ2n) is 7.26. The molecule has 0 aliphatic rings. The van der Waals surface area contributed by atoms with Gasteiger partial charge in [-0.3, -0.25) is 9.59 Å². The Labute approximate surface area is 204 Å². The van der Waals surface area contributed by atoms with E-state index in [2.05, 4.69) is 10.1 Å². The Balaban J connectivity index is 1.62. The molecule has 4 aromatic rings. The second-order valence-corrected chi connectivity index (χ2v) is 8.27. The number of hydrogen-bond donors (Lipinski definition) is 0. The van der Waals surface area contributed by atoms with Gasteiger partial charge in [0.1, 0.15) is 0 Å². The normalized spacial score (nSPS) is 11.8. The molecule has 0 radical (unpaired) electrons. The van der Waals surface area contributed by atoms with Gasteiger partial charge in [-0.2, -0.15) is 9.50 Å². The molecule has 10 heteroatoms. The molecular formula is C25H23N3O6S. The van der Waals surface area contributed by atoms with Crippen LogP contribution in [0.2, 0.25) is 0 Å². The van der Waals surface area contributed by atoms with Crippen LogP contribution in [0, 0.1) is 0 Å². The van der Waals surface area contributed by atoms with Crippen molar-refractivity contribution in [2.45, 2.75) is 13.8 Å². The molecule has 0 spiro atoms. The van der Waals surface area contributed by atoms with Gasteiger partial charge in [0, 0.05) is 6.92 Å². The van der Waals surface area contributed by atoms with E-state index in [1.54, 1.807) is 44.6 Å². The predicted molar refractivity (Wildman–Crippen MR) is 133 cm³/mol. The van der Waals surface area contributed by atoms with Gasteiger partial charge in [0.2, 0.25) is 4.96 Å². The maximum Gasteiger partial charge on any atom is 0.308 e. The lowest BCUT2D eigenvalue weighted by atomic mass is 10.2. The summed E-state index contributed by atoms with van der Waals surface area (Å²) in [7, 11) is 3.16. The molecule has 9 nitrogen and oxygen atoms in total. The number of benzene rings is 2. The summed E-state index contributed by atoms with van der Waals surface area (Å²) in [6, 6.07) is 10.6. The number of hydrogen-bond acceptors (Lipinski definition) is 9. The van der Waals surface area contributed by atoms with E-state index in [4.69, 9.17) is 18.9 Å². The van der Waals surface area contributed by atoms with Crippen molar-refractivity contribution < 1.29 is 23.7 Å². The molecule has 0 aliphatic carbocycles. The van der Waals surface area contributed by atoms with E-state index in [0.29, 0.717) is 44.9 Å². The molecule has 2 aromatic carbocycles. The third-order valence-electron chi connectivity index (χ3n) is 4.85. The zero-order valence-corrected chi connectivity index (χ0v) is 20.4. The fraction of sp³-hybridized carbons (Fsp3) is 0.200. The summed E-state index contributed by atoms with van der Waals surface area (Å²) >= 11 is 1.23. The molecule has 180 valence electrons. The Morgan fingerprint density at radius 3 is 2.40 bits per heavy atom. The average molecular weight is 494 g/mol. The van der Waals surface area contributed by atoms with Crippen molar-refractivity contribution >= 4 is 40.5 Å². The van der Waals surface area contributed by atoms with Crippen LogP contribution >= 0.6 is 11.3 Å². The molecule has 0 N–H and O–H groups in total. The van der Waals surface area contributed by atoms with Crippen molar-refractivity contribution in [3.05, 3.63) is 68.2 Å². The molecule has 0 atom stereocenters. The fourth-order valence-corrected chi connectivity index (χ4v) is 4.23. The van der Waals surface area contributed by atoms with Crippen LogP contribution in [0.5, 0.6) is 23.0 Å². The quantitative estimate of drug-likeness (QED) is 0.272. The van der Waals surface area contributed by atoms with Crippen molar-refractivity contribution in [3.63, 3.8) is 0 Å². The summed E-state index contributed by atoms with van der Waals surface area (Å²) in [4.78, 5) is 29.1. The van der Waals surface area contributed by atoms with Gasteiger partial charge in [0.15, 0.2) is 28.8 Å². The summed E-state index contributed by atoms with van der Waals surface area (Å²) in [6.07, 6.45) is 5.29. The van der Waals surface area contributed by atoms with Crippen LogP contribution in [-0.4, -0.2) is 41.4 Å². The largest absolute Gasteiger partial charge is 0.493 e. The molecule has 2 heterocycles. The van der Waals surface area contributed by atoms with Gasteiger partial charge in [0.25, 0.3) is 5.56 Å². The highest BCUT2D eigenvalue weighted by Crippen LogP contribution is 2.29.